The van der Waals surface area contributed by atoms with Crippen LogP contribution in [0.3, 0.4) is 0 Å². The van der Waals surface area contributed by atoms with Crippen LogP contribution in [0.15, 0.2) is 42.5 Å². The van der Waals surface area contributed by atoms with Crippen LogP contribution >= 0.6 is 0 Å². The smallest absolute Gasteiger partial charge is 0.399 e. The highest BCUT2D eigenvalue weighted by Crippen LogP contribution is 2.34. The number of para-hydroxylation sites is 1. The van der Waals surface area contributed by atoms with Gasteiger partial charge in [0.1, 0.15) is 0 Å². The molecule has 2 N–H and O–H groups in total. The van der Waals surface area contributed by atoms with E-state index in [0.29, 0.717) is 5.69 Å². The Morgan fingerprint density at radius 1 is 1.00 bits per heavy atom. The average Bonchev–Trinajstić information content (AvgIpc) is 2.70. The summed E-state index contributed by atoms with van der Waals surface area (Å²) < 4.78 is 40.9. The Morgan fingerprint density at radius 3 is 2.36 bits per heavy atom. The first kappa shape index (κ1) is 14.5. The summed E-state index contributed by atoms with van der Waals surface area (Å²) in [7, 11) is 0. The molecule has 0 bridgehead atoms. The van der Waals surface area contributed by atoms with Gasteiger partial charge in [0.25, 0.3) is 0 Å². The maximum absolute atomic E-state index is 13.0. The highest BCUT2D eigenvalue weighted by atomic mass is 19.4. The van der Waals surface area contributed by atoms with Crippen LogP contribution in [-0.4, -0.2) is 4.57 Å². The van der Waals surface area contributed by atoms with Gasteiger partial charge < -0.3 is 10.3 Å². The van der Waals surface area contributed by atoms with Gasteiger partial charge in [-0.05, 0) is 43.7 Å². The van der Waals surface area contributed by atoms with Crippen molar-refractivity contribution < 1.29 is 13.2 Å². The van der Waals surface area contributed by atoms with E-state index in [4.69, 9.17) is 5.73 Å². The van der Waals surface area contributed by atoms with Crippen molar-refractivity contribution in [2.24, 2.45) is 0 Å². The van der Waals surface area contributed by atoms with Gasteiger partial charge in [0.05, 0.1) is 11.1 Å². The van der Waals surface area contributed by atoms with Crippen LogP contribution in [0.5, 0.6) is 0 Å². The number of hydrogen-bond acceptors (Lipinski definition) is 1. The normalized spacial score (nSPS) is 12.0. The zero-order chi connectivity index (χ0) is 16.1. The summed E-state index contributed by atoms with van der Waals surface area (Å²) >= 11 is 0. The highest BCUT2D eigenvalue weighted by Gasteiger charge is 2.31. The van der Waals surface area contributed by atoms with E-state index in [1.807, 2.05) is 42.7 Å². The number of nitrogens with two attached hydrogens (primary N) is 1. The van der Waals surface area contributed by atoms with Crippen molar-refractivity contribution in [3.63, 3.8) is 0 Å². The lowest BCUT2D eigenvalue weighted by atomic mass is 10.1. The molecule has 0 radical (unpaired) electrons. The number of halogens is 3. The predicted octanol–water partition coefficient (Wildman–Crippen LogP) is 4.85. The molecule has 0 aliphatic heterocycles. The van der Waals surface area contributed by atoms with Crippen molar-refractivity contribution in [2.45, 2.75) is 20.0 Å². The topological polar surface area (TPSA) is 30.9 Å². The predicted molar refractivity (Wildman–Crippen MR) is 82.2 cm³/mol. The van der Waals surface area contributed by atoms with E-state index in [1.165, 1.54) is 0 Å². The summed E-state index contributed by atoms with van der Waals surface area (Å²) in [5.41, 5.74) is 8.29. The SMILES string of the molecule is Cc1c(C)n(-c2cc(N)cc(C(F)(F)F)c2)c2ccccc12. The molecule has 0 spiro atoms. The zero-order valence-corrected chi connectivity index (χ0v) is 12.2. The Bertz CT molecular complexity index is 860. The molecule has 0 saturated heterocycles. The number of alkyl halides is 3. The molecule has 3 rings (SSSR count). The Labute approximate surface area is 126 Å². The summed E-state index contributed by atoms with van der Waals surface area (Å²) in [6.45, 7) is 3.86. The summed E-state index contributed by atoms with van der Waals surface area (Å²) in [5.74, 6) is 0. The third-order valence-corrected chi connectivity index (χ3v) is 3.95. The molecule has 0 amide bonds. The standard InChI is InChI=1S/C17H15F3N2/c1-10-11(2)22(16-6-4-3-5-15(10)16)14-8-12(17(18,19)20)7-13(21)9-14/h3-9H,21H2,1-2H3. The maximum atomic E-state index is 13.0. The number of nitrogen functional groups attached to an aromatic ring is 1. The van der Waals surface area contributed by atoms with Crippen LogP contribution in [0.4, 0.5) is 18.9 Å². The Hall–Kier alpha value is -2.43. The first-order chi connectivity index (χ1) is 10.3. The van der Waals surface area contributed by atoms with Gasteiger partial charge in [-0.3, -0.25) is 0 Å². The van der Waals surface area contributed by atoms with E-state index in [0.717, 1.165) is 34.3 Å². The number of benzene rings is 2. The Morgan fingerprint density at radius 2 is 1.68 bits per heavy atom. The van der Waals surface area contributed by atoms with Crippen LogP contribution in [-0.2, 0) is 6.18 Å². The molecule has 0 aliphatic carbocycles. The van der Waals surface area contributed by atoms with E-state index < -0.39 is 11.7 Å². The zero-order valence-electron chi connectivity index (χ0n) is 12.2. The summed E-state index contributed by atoms with van der Waals surface area (Å²) in [6.07, 6.45) is -4.42. The van der Waals surface area contributed by atoms with E-state index in [2.05, 4.69) is 0 Å². The second kappa shape index (κ2) is 4.80. The van der Waals surface area contributed by atoms with Crippen LogP contribution in [0.2, 0.25) is 0 Å². The third kappa shape index (κ3) is 2.22. The van der Waals surface area contributed by atoms with Gasteiger partial charge in [-0.25, -0.2) is 0 Å². The fourth-order valence-corrected chi connectivity index (χ4v) is 2.79. The van der Waals surface area contributed by atoms with Gasteiger partial charge in [0, 0.05) is 22.5 Å². The maximum Gasteiger partial charge on any atom is 0.416 e. The van der Waals surface area contributed by atoms with Crippen molar-refractivity contribution >= 4 is 16.6 Å². The van der Waals surface area contributed by atoms with Crippen LogP contribution in [0.1, 0.15) is 16.8 Å². The highest BCUT2D eigenvalue weighted by molar-refractivity contribution is 5.87. The molecule has 2 nitrogen and oxygen atoms in total. The molecule has 114 valence electrons. The van der Waals surface area contributed by atoms with Crippen LogP contribution in [0, 0.1) is 13.8 Å². The van der Waals surface area contributed by atoms with Crippen molar-refractivity contribution in [1.29, 1.82) is 0 Å². The largest absolute Gasteiger partial charge is 0.416 e. The average molecular weight is 304 g/mol. The molecular weight excluding hydrogens is 289 g/mol. The monoisotopic (exact) mass is 304 g/mol. The first-order valence-electron chi connectivity index (χ1n) is 6.84. The molecular formula is C17H15F3N2. The molecule has 0 atom stereocenters. The minimum Gasteiger partial charge on any atom is -0.399 e. The molecule has 22 heavy (non-hydrogen) atoms. The van der Waals surface area contributed by atoms with Crippen molar-refractivity contribution in [3.05, 3.63) is 59.3 Å². The van der Waals surface area contributed by atoms with E-state index in [-0.39, 0.29) is 5.69 Å². The minimum atomic E-state index is -4.42. The van der Waals surface area contributed by atoms with Crippen molar-refractivity contribution in [3.8, 4) is 5.69 Å². The Balaban J connectivity index is 2.33. The van der Waals surface area contributed by atoms with Gasteiger partial charge in [-0.15, -0.1) is 0 Å². The van der Waals surface area contributed by atoms with Crippen LogP contribution < -0.4 is 5.73 Å². The molecule has 1 aromatic heterocycles. The lowest BCUT2D eigenvalue weighted by molar-refractivity contribution is -0.137. The van der Waals surface area contributed by atoms with Gasteiger partial charge >= 0.3 is 6.18 Å². The third-order valence-electron chi connectivity index (χ3n) is 3.95. The summed E-state index contributed by atoms with van der Waals surface area (Å²) in [4.78, 5) is 0. The number of fused-ring (bicyclic) bond motifs is 1. The fourth-order valence-electron chi connectivity index (χ4n) is 2.79. The lowest BCUT2D eigenvalue weighted by Gasteiger charge is -2.14. The fraction of sp³-hybridized carbons (Fsp3) is 0.176. The second-order valence-electron chi connectivity index (χ2n) is 5.37. The number of anilines is 1. The molecule has 0 aliphatic rings. The van der Waals surface area contributed by atoms with Gasteiger partial charge in [-0.2, -0.15) is 13.2 Å². The molecule has 0 saturated carbocycles. The first-order valence-corrected chi connectivity index (χ1v) is 6.84. The minimum absolute atomic E-state index is 0.0969. The summed E-state index contributed by atoms with van der Waals surface area (Å²) in [6, 6.07) is 11.3. The van der Waals surface area contributed by atoms with Crippen LogP contribution in [0.25, 0.3) is 16.6 Å². The van der Waals surface area contributed by atoms with E-state index in [1.54, 1.807) is 6.07 Å². The molecule has 1 heterocycles. The summed E-state index contributed by atoms with van der Waals surface area (Å²) in [5, 5.41) is 1.02. The molecule has 2 aromatic carbocycles. The quantitative estimate of drug-likeness (QED) is 0.640. The van der Waals surface area contributed by atoms with Crippen molar-refractivity contribution in [1.82, 2.24) is 4.57 Å². The lowest BCUT2D eigenvalue weighted by Crippen LogP contribution is -2.08. The number of hydrogen-bond donors (Lipinski definition) is 1. The number of nitrogens with zero attached hydrogens (tertiary/aromatic N) is 1. The molecule has 3 aromatic rings. The number of aryl methyl sites for hydroxylation is 1. The number of aromatic nitrogens is 1. The molecule has 0 unspecified atom stereocenters. The molecule has 0 fully saturated rings. The number of rotatable bonds is 1. The van der Waals surface area contributed by atoms with Gasteiger partial charge in [0.2, 0.25) is 0 Å². The van der Waals surface area contributed by atoms with Crippen molar-refractivity contribution in [2.75, 3.05) is 5.73 Å². The molecule has 5 heteroatoms. The Kier molecular flexibility index (Phi) is 3.16. The van der Waals surface area contributed by atoms with Gasteiger partial charge in [-0.1, -0.05) is 18.2 Å². The second-order valence-corrected chi connectivity index (χ2v) is 5.37. The van der Waals surface area contributed by atoms with E-state index >= 15 is 0 Å². The van der Waals surface area contributed by atoms with Gasteiger partial charge in [0.15, 0.2) is 0 Å². The van der Waals surface area contributed by atoms with E-state index in [9.17, 15) is 13.2 Å².